The molecule has 0 aliphatic carbocycles. The number of carbonyl (C=O) groups excluding carboxylic acids is 2. The normalized spacial score (nSPS) is 11.0. The van der Waals surface area contributed by atoms with Gasteiger partial charge in [-0.1, -0.05) is 11.8 Å². The summed E-state index contributed by atoms with van der Waals surface area (Å²) in [7, 11) is 1.83. The van der Waals surface area contributed by atoms with Crippen LogP contribution in [0, 0.1) is 5.82 Å². The first-order valence-corrected chi connectivity index (χ1v) is 9.17. The van der Waals surface area contributed by atoms with Crippen LogP contribution in [0.1, 0.15) is 13.8 Å². The molecule has 0 saturated carbocycles. The molecule has 0 amide bonds. The zero-order valence-corrected chi connectivity index (χ0v) is 16.0. The van der Waals surface area contributed by atoms with E-state index in [1.54, 1.807) is 24.5 Å². The van der Waals surface area contributed by atoms with Crippen LogP contribution in [-0.2, 0) is 16.6 Å². The maximum atomic E-state index is 13.3. The van der Waals surface area contributed by atoms with Crippen molar-refractivity contribution in [3.05, 3.63) is 54.6 Å². The van der Waals surface area contributed by atoms with Gasteiger partial charge in [0.15, 0.2) is 16.7 Å². The van der Waals surface area contributed by atoms with E-state index in [1.807, 2.05) is 23.7 Å². The van der Waals surface area contributed by atoms with Crippen LogP contribution in [0.25, 0.3) is 22.5 Å². The zero-order valence-electron chi connectivity index (χ0n) is 15.1. The van der Waals surface area contributed by atoms with Crippen molar-refractivity contribution >= 4 is 23.3 Å². The molecule has 2 aromatic heterocycles. The minimum atomic E-state index is -0.808. The van der Waals surface area contributed by atoms with E-state index in [2.05, 4.69) is 9.97 Å². The summed E-state index contributed by atoms with van der Waals surface area (Å²) in [5, 5.41) is -0.269. The maximum absolute atomic E-state index is 13.3. The van der Waals surface area contributed by atoms with Crippen molar-refractivity contribution in [3.63, 3.8) is 0 Å². The Balaban J connectivity index is 2.15. The third-order valence-corrected chi connectivity index (χ3v) is 5.56. The number of thioether (sulfide) groups is 1. The Morgan fingerprint density at radius 1 is 1.00 bits per heavy atom. The fourth-order valence-electron chi connectivity index (χ4n) is 2.79. The molecule has 0 bridgehead atoms. The van der Waals surface area contributed by atoms with E-state index in [0.29, 0.717) is 10.9 Å². The van der Waals surface area contributed by atoms with E-state index in [4.69, 9.17) is 0 Å². The number of rotatable bonds is 6. The number of hydrogen-bond donors (Lipinski definition) is 0. The maximum Gasteiger partial charge on any atom is 0.169 e. The van der Waals surface area contributed by atoms with E-state index in [1.165, 1.54) is 26.0 Å². The van der Waals surface area contributed by atoms with Gasteiger partial charge in [0.2, 0.25) is 0 Å². The highest BCUT2D eigenvalue weighted by Crippen LogP contribution is 2.36. The molecule has 138 valence electrons. The smallest absolute Gasteiger partial charge is 0.169 e. The van der Waals surface area contributed by atoms with E-state index in [0.717, 1.165) is 28.6 Å². The average Bonchev–Trinajstić information content (AvgIpc) is 2.96. The second kappa shape index (κ2) is 7.84. The number of pyridine rings is 1. The highest BCUT2D eigenvalue weighted by molar-refractivity contribution is 8.01. The number of imidazole rings is 1. The molecule has 3 aromatic rings. The molecule has 0 unspecified atom stereocenters. The van der Waals surface area contributed by atoms with Gasteiger partial charge in [0, 0.05) is 30.6 Å². The topological polar surface area (TPSA) is 64.8 Å². The number of aromatic nitrogens is 3. The van der Waals surface area contributed by atoms with Gasteiger partial charge in [0.1, 0.15) is 11.1 Å². The predicted octanol–water partition coefficient (Wildman–Crippen LogP) is 3.93. The van der Waals surface area contributed by atoms with Crippen LogP contribution < -0.4 is 0 Å². The van der Waals surface area contributed by atoms with Gasteiger partial charge >= 0.3 is 0 Å². The molecule has 0 N–H and O–H groups in total. The Morgan fingerprint density at radius 2 is 1.59 bits per heavy atom. The number of ketones is 2. The standard InChI is InChI=1S/C20H18FN3O2S/c1-12(25)19(13(2)26)27-20-23-17(14-4-6-16(21)7-5-14)18(24(20)3)15-8-10-22-11-9-15/h4-11,19H,1-3H3. The van der Waals surface area contributed by atoms with Crippen LogP contribution >= 0.6 is 11.8 Å². The Morgan fingerprint density at radius 3 is 2.15 bits per heavy atom. The molecule has 0 fully saturated rings. The van der Waals surface area contributed by atoms with Crippen molar-refractivity contribution < 1.29 is 14.0 Å². The van der Waals surface area contributed by atoms with Crippen LogP contribution in [0.15, 0.2) is 53.9 Å². The summed E-state index contributed by atoms with van der Waals surface area (Å²) in [6.07, 6.45) is 3.36. The second-order valence-electron chi connectivity index (χ2n) is 6.11. The summed E-state index contributed by atoms with van der Waals surface area (Å²) in [6, 6.07) is 9.77. The van der Waals surface area contributed by atoms with Crippen LogP contribution in [0.2, 0.25) is 0 Å². The molecule has 0 radical (unpaired) electrons. The van der Waals surface area contributed by atoms with Crippen LogP contribution in [0.3, 0.4) is 0 Å². The van der Waals surface area contributed by atoms with Gasteiger partial charge in [0.05, 0.1) is 11.4 Å². The first-order valence-electron chi connectivity index (χ1n) is 8.29. The Kier molecular flexibility index (Phi) is 5.51. The van der Waals surface area contributed by atoms with E-state index in [9.17, 15) is 14.0 Å². The van der Waals surface area contributed by atoms with Gasteiger partial charge in [-0.3, -0.25) is 14.6 Å². The van der Waals surface area contributed by atoms with E-state index >= 15 is 0 Å². The van der Waals surface area contributed by atoms with Gasteiger partial charge < -0.3 is 4.57 Å². The van der Waals surface area contributed by atoms with Gasteiger partial charge in [-0.05, 0) is 50.2 Å². The summed E-state index contributed by atoms with van der Waals surface area (Å²) in [5.74, 6) is -0.767. The first kappa shape index (κ1) is 19.0. The lowest BCUT2D eigenvalue weighted by atomic mass is 10.1. The summed E-state index contributed by atoms with van der Waals surface area (Å²) in [4.78, 5) is 32.4. The Labute approximate surface area is 160 Å². The van der Waals surface area contributed by atoms with Crippen molar-refractivity contribution in [2.24, 2.45) is 7.05 Å². The number of halogens is 1. The Hall–Kier alpha value is -2.80. The number of hydrogen-bond acceptors (Lipinski definition) is 5. The molecule has 0 aliphatic heterocycles. The van der Waals surface area contributed by atoms with Crippen molar-refractivity contribution in [2.75, 3.05) is 0 Å². The number of nitrogens with zero attached hydrogens (tertiary/aromatic N) is 3. The molecular formula is C20H18FN3O2S. The lowest BCUT2D eigenvalue weighted by molar-refractivity contribution is -0.123. The molecule has 0 atom stereocenters. The third-order valence-electron chi connectivity index (χ3n) is 4.09. The molecule has 7 heteroatoms. The van der Waals surface area contributed by atoms with Gasteiger partial charge in [-0.15, -0.1) is 0 Å². The molecular weight excluding hydrogens is 365 g/mol. The third kappa shape index (κ3) is 3.98. The van der Waals surface area contributed by atoms with Crippen LogP contribution in [-0.4, -0.2) is 31.4 Å². The van der Waals surface area contributed by atoms with Gasteiger partial charge in [0.25, 0.3) is 0 Å². The quantitative estimate of drug-likeness (QED) is 0.477. The number of carbonyl (C=O) groups is 2. The fraction of sp³-hybridized carbons (Fsp3) is 0.200. The van der Waals surface area contributed by atoms with Gasteiger partial charge in [-0.25, -0.2) is 9.37 Å². The summed E-state index contributed by atoms with van der Waals surface area (Å²) in [6.45, 7) is 2.79. The molecule has 3 rings (SSSR count). The number of benzene rings is 1. The molecule has 2 heterocycles. The SMILES string of the molecule is CC(=O)C(Sc1nc(-c2ccc(F)cc2)c(-c2ccncc2)n1C)C(C)=O. The largest absolute Gasteiger partial charge is 0.322 e. The highest BCUT2D eigenvalue weighted by atomic mass is 32.2. The lowest BCUT2D eigenvalue weighted by Crippen LogP contribution is -2.22. The summed E-state index contributed by atoms with van der Waals surface area (Å²) in [5.41, 5.74) is 3.08. The summed E-state index contributed by atoms with van der Waals surface area (Å²) >= 11 is 1.12. The van der Waals surface area contributed by atoms with Crippen molar-refractivity contribution in [1.29, 1.82) is 0 Å². The van der Waals surface area contributed by atoms with E-state index in [-0.39, 0.29) is 17.4 Å². The van der Waals surface area contributed by atoms with Crippen LogP contribution in [0.5, 0.6) is 0 Å². The van der Waals surface area contributed by atoms with Crippen LogP contribution in [0.4, 0.5) is 4.39 Å². The first-order chi connectivity index (χ1) is 12.9. The van der Waals surface area contributed by atoms with Crippen molar-refractivity contribution in [1.82, 2.24) is 14.5 Å². The zero-order chi connectivity index (χ0) is 19.6. The monoisotopic (exact) mass is 383 g/mol. The molecule has 27 heavy (non-hydrogen) atoms. The number of Topliss-reactive ketones (excluding diaryl/α,β-unsaturated/α-hetero) is 2. The summed E-state index contributed by atoms with van der Waals surface area (Å²) < 4.78 is 15.2. The lowest BCUT2D eigenvalue weighted by Gasteiger charge is -2.10. The Bertz CT molecular complexity index is 970. The van der Waals surface area contributed by atoms with Crippen molar-refractivity contribution in [2.45, 2.75) is 24.3 Å². The molecule has 1 aromatic carbocycles. The minimum Gasteiger partial charge on any atom is -0.322 e. The average molecular weight is 383 g/mol. The predicted molar refractivity (Wildman–Crippen MR) is 103 cm³/mol. The highest BCUT2D eigenvalue weighted by Gasteiger charge is 2.26. The van der Waals surface area contributed by atoms with Crippen molar-refractivity contribution in [3.8, 4) is 22.5 Å². The fourth-order valence-corrected chi connectivity index (χ4v) is 3.73. The molecule has 0 spiro atoms. The molecule has 0 aliphatic rings. The molecule has 0 saturated heterocycles. The van der Waals surface area contributed by atoms with E-state index < -0.39 is 5.25 Å². The minimum absolute atomic E-state index is 0.218. The van der Waals surface area contributed by atoms with Gasteiger partial charge in [-0.2, -0.15) is 0 Å². The molecule has 5 nitrogen and oxygen atoms in total. The second-order valence-corrected chi connectivity index (χ2v) is 7.18.